The number of rotatable bonds is 18. The maximum Gasteiger partial charge on any atom is 0.224 e. The number of carbonyl (C=O) groups is 1. The van der Waals surface area contributed by atoms with E-state index in [1.165, 1.54) is 6.42 Å². The van der Waals surface area contributed by atoms with Crippen molar-refractivity contribution in [2.45, 2.75) is 122 Å². The topological polar surface area (TPSA) is 113 Å². The molecule has 0 radical (unpaired) electrons. The molecule has 0 saturated carbocycles. The second-order valence-corrected chi connectivity index (χ2v) is 11.9. The van der Waals surface area contributed by atoms with Crippen LogP contribution in [0.1, 0.15) is 104 Å². The van der Waals surface area contributed by atoms with Gasteiger partial charge in [-0.15, -0.1) is 0 Å². The Hall–Kier alpha value is -1.44. The highest BCUT2D eigenvalue weighted by Crippen LogP contribution is 2.33. The summed E-state index contributed by atoms with van der Waals surface area (Å²) in [6.07, 6.45) is 17.1. The van der Waals surface area contributed by atoms with Crippen molar-refractivity contribution < 1.29 is 14.3 Å². The fraction of sp³-hybridized carbons (Fsp3) is 0.833. The molecule has 2 rings (SSSR count). The third-order valence-electron chi connectivity index (χ3n) is 8.46. The van der Waals surface area contributed by atoms with Gasteiger partial charge in [-0.3, -0.25) is 10.1 Å². The lowest BCUT2D eigenvalue weighted by molar-refractivity contribution is -0.127. The molecule has 3 unspecified atom stereocenters. The van der Waals surface area contributed by atoms with E-state index in [0.29, 0.717) is 43.7 Å². The lowest BCUT2D eigenvalue weighted by Gasteiger charge is -2.41. The van der Waals surface area contributed by atoms with E-state index >= 15 is 0 Å². The third kappa shape index (κ3) is 11.1. The van der Waals surface area contributed by atoms with Gasteiger partial charge in [-0.2, -0.15) is 0 Å². The van der Waals surface area contributed by atoms with Crippen molar-refractivity contribution in [3.05, 3.63) is 23.9 Å². The molecule has 0 fully saturated rings. The Morgan fingerprint density at radius 3 is 2.62 bits per heavy atom. The van der Waals surface area contributed by atoms with Crippen molar-refractivity contribution in [2.75, 3.05) is 13.1 Å². The summed E-state index contributed by atoms with van der Waals surface area (Å²) in [5, 5.41) is 17.1. The van der Waals surface area contributed by atoms with Crippen LogP contribution in [0.15, 0.2) is 23.9 Å². The number of alkyl halides is 1. The molecule has 214 valence electrons. The van der Waals surface area contributed by atoms with Gasteiger partial charge in [0.05, 0.1) is 11.7 Å². The molecule has 7 N–H and O–H groups in total. The summed E-state index contributed by atoms with van der Waals surface area (Å²) in [4.78, 5) is 13.0. The molecule has 7 atom stereocenters. The first-order chi connectivity index (χ1) is 17.7. The minimum absolute atomic E-state index is 0.0566. The molecule has 0 spiro atoms. The maximum absolute atomic E-state index is 13.2. The predicted molar refractivity (Wildman–Crippen MR) is 151 cm³/mol. The lowest BCUT2D eigenvalue weighted by Crippen LogP contribution is -2.58. The van der Waals surface area contributed by atoms with Crippen LogP contribution >= 0.6 is 0 Å². The summed E-state index contributed by atoms with van der Waals surface area (Å²) in [6, 6.07) is 0. The first kappa shape index (κ1) is 31.8. The maximum atomic E-state index is 13.2. The Balaban J connectivity index is 1.66. The van der Waals surface area contributed by atoms with Gasteiger partial charge in [0, 0.05) is 18.2 Å². The van der Waals surface area contributed by atoms with Gasteiger partial charge in [-0.25, -0.2) is 4.39 Å². The average Bonchev–Trinajstić information content (AvgIpc) is 3.10. The SMILES string of the molecule is CCCC(CCC[C@@H](C)CC(O)NCC1C=CC[C@H](C(=O)N[C@@]2(CCN)CC=C2N)CC1)CC[C@H](C)F. The molecule has 2 aliphatic rings. The largest absolute Gasteiger partial charge is 0.400 e. The molecule has 6 nitrogen and oxygen atoms in total. The monoisotopic (exact) mass is 522 g/mol. The fourth-order valence-electron chi connectivity index (χ4n) is 5.89. The number of halogens is 1. The van der Waals surface area contributed by atoms with Crippen molar-refractivity contribution in [1.29, 1.82) is 0 Å². The number of aliphatic hydroxyl groups is 1. The number of hydrogen-bond donors (Lipinski definition) is 5. The molecule has 0 aliphatic heterocycles. The van der Waals surface area contributed by atoms with Gasteiger partial charge in [0.25, 0.3) is 0 Å². The number of carbonyl (C=O) groups excluding carboxylic acids is 1. The fourth-order valence-corrected chi connectivity index (χ4v) is 5.89. The van der Waals surface area contributed by atoms with Gasteiger partial charge < -0.3 is 21.9 Å². The van der Waals surface area contributed by atoms with Crippen LogP contribution in [0, 0.1) is 23.7 Å². The van der Waals surface area contributed by atoms with E-state index < -0.39 is 17.9 Å². The van der Waals surface area contributed by atoms with Crippen LogP contribution in [0.3, 0.4) is 0 Å². The normalized spacial score (nSPS) is 26.9. The van der Waals surface area contributed by atoms with E-state index in [-0.39, 0.29) is 11.8 Å². The smallest absolute Gasteiger partial charge is 0.224 e. The number of nitrogens with one attached hydrogen (secondary N) is 2. The summed E-state index contributed by atoms with van der Waals surface area (Å²) in [5.74, 6) is 1.38. The van der Waals surface area contributed by atoms with Crippen molar-refractivity contribution in [3.63, 3.8) is 0 Å². The Kier molecular flexibility index (Phi) is 14.2. The molecule has 0 aromatic heterocycles. The van der Waals surface area contributed by atoms with E-state index in [2.05, 4.69) is 36.6 Å². The van der Waals surface area contributed by atoms with Crippen LogP contribution in [-0.4, -0.2) is 42.0 Å². The molecule has 0 aromatic rings. The molecule has 7 heteroatoms. The molecular formula is C30H55FN4O2. The van der Waals surface area contributed by atoms with E-state index in [1.807, 2.05) is 6.08 Å². The molecular weight excluding hydrogens is 467 g/mol. The zero-order chi connectivity index (χ0) is 27.3. The summed E-state index contributed by atoms with van der Waals surface area (Å²) >= 11 is 0. The molecule has 0 heterocycles. The minimum Gasteiger partial charge on any atom is -0.400 e. The number of amides is 1. The van der Waals surface area contributed by atoms with Crippen LogP contribution in [0.2, 0.25) is 0 Å². The quantitative estimate of drug-likeness (QED) is 0.127. The van der Waals surface area contributed by atoms with Crippen molar-refractivity contribution in [2.24, 2.45) is 35.1 Å². The first-order valence-corrected chi connectivity index (χ1v) is 14.9. The van der Waals surface area contributed by atoms with E-state index in [4.69, 9.17) is 11.5 Å². The van der Waals surface area contributed by atoms with Crippen molar-refractivity contribution in [3.8, 4) is 0 Å². The van der Waals surface area contributed by atoms with E-state index in [1.54, 1.807) is 6.92 Å². The van der Waals surface area contributed by atoms with Crippen molar-refractivity contribution >= 4 is 5.91 Å². The number of hydrogen-bond acceptors (Lipinski definition) is 5. The van der Waals surface area contributed by atoms with Gasteiger partial charge >= 0.3 is 0 Å². The lowest BCUT2D eigenvalue weighted by atomic mass is 9.78. The summed E-state index contributed by atoms with van der Waals surface area (Å²) < 4.78 is 13.2. The van der Waals surface area contributed by atoms with Crippen LogP contribution in [-0.2, 0) is 4.79 Å². The van der Waals surface area contributed by atoms with Gasteiger partial charge in [0.2, 0.25) is 5.91 Å². The van der Waals surface area contributed by atoms with E-state index in [0.717, 1.165) is 69.9 Å². The van der Waals surface area contributed by atoms with Crippen molar-refractivity contribution in [1.82, 2.24) is 10.6 Å². The highest BCUT2D eigenvalue weighted by molar-refractivity contribution is 5.80. The summed E-state index contributed by atoms with van der Waals surface area (Å²) in [5.41, 5.74) is 12.1. The van der Waals surface area contributed by atoms with Crippen LogP contribution < -0.4 is 22.1 Å². The molecule has 37 heavy (non-hydrogen) atoms. The first-order valence-electron chi connectivity index (χ1n) is 14.9. The Bertz CT molecular complexity index is 728. The number of aliphatic hydroxyl groups excluding tert-OH is 1. The summed E-state index contributed by atoms with van der Waals surface area (Å²) in [6.45, 7) is 7.28. The van der Waals surface area contributed by atoms with Gasteiger partial charge in [0.15, 0.2) is 0 Å². The van der Waals surface area contributed by atoms with Crippen LogP contribution in [0.5, 0.6) is 0 Å². The molecule has 0 saturated heterocycles. The predicted octanol–water partition coefficient (Wildman–Crippen LogP) is 5.07. The number of nitrogens with two attached hydrogens (primary N) is 2. The highest BCUT2D eigenvalue weighted by atomic mass is 19.1. The summed E-state index contributed by atoms with van der Waals surface area (Å²) in [7, 11) is 0. The average molecular weight is 523 g/mol. The molecule has 0 bridgehead atoms. The highest BCUT2D eigenvalue weighted by Gasteiger charge is 2.40. The van der Waals surface area contributed by atoms with E-state index in [9.17, 15) is 14.3 Å². The molecule has 1 amide bonds. The molecule has 2 aliphatic carbocycles. The Morgan fingerprint density at radius 2 is 2.00 bits per heavy atom. The third-order valence-corrected chi connectivity index (χ3v) is 8.46. The standard InChI is InChI=1S/C30H55FN4O2/c1-4-7-24(13-12-23(3)31)9-5-8-22(2)20-28(36)34-21-25-10-6-11-26(15-14-25)29(37)35-30(18-19-32)17-16-27(30)33/h6,10,16,22-26,28,34,36H,4-5,7-9,11-15,17-21,32-33H2,1-3H3,(H,35,37)/t22-,23+,24?,25?,26+,28?,30-/m1/s1. The minimum atomic E-state index is -0.705. The molecule has 0 aromatic carbocycles. The zero-order valence-corrected chi connectivity index (χ0v) is 23.7. The second-order valence-electron chi connectivity index (χ2n) is 11.9. The number of allylic oxidation sites excluding steroid dienone is 1. The van der Waals surface area contributed by atoms with Gasteiger partial charge in [0.1, 0.15) is 6.23 Å². The van der Waals surface area contributed by atoms with Gasteiger partial charge in [-0.1, -0.05) is 64.2 Å². The van der Waals surface area contributed by atoms with Crippen LogP contribution in [0.25, 0.3) is 0 Å². The van der Waals surface area contributed by atoms with Gasteiger partial charge in [-0.05, 0) is 82.6 Å². The second kappa shape index (κ2) is 16.5. The zero-order valence-electron chi connectivity index (χ0n) is 23.7. The Morgan fingerprint density at radius 1 is 1.22 bits per heavy atom. The Labute approximate surface area is 225 Å². The van der Waals surface area contributed by atoms with Crippen LogP contribution in [0.4, 0.5) is 4.39 Å².